The molecule has 2 heterocycles. The summed E-state index contributed by atoms with van der Waals surface area (Å²) in [4.78, 5) is 37.6. The van der Waals surface area contributed by atoms with Crippen LogP contribution in [0.4, 0.5) is 5.69 Å². The molecule has 1 aliphatic heterocycles. The van der Waals surface area contributed by atoms with Crippen LogP contribution in [-0.4, -0.2) is 35.0 Å². The maximum absolute atomic E-state index is 12.3. The first kappa shape index (κ1) is 22.3. The lowest BCUT2D eigenvalue weighted by atomic mass is 10.1. The van der Waals surface area contributed by atoms with Crippen molar-refractivity contribution in [2.24, 2.45) is 0 Å². The molecule has 4 N–H and O–H groups in total. The van der Waals surface area contributed by atoms with Gasteiger partial charge in [0.15, 0.2) is 0 Å². The van der Waals surface area contributed by atoms with Crippen molar-refractivity contribution >= 4 is 46.5 Å². The average molecular weight is 447 g/mol. The third-order valence-electron chi connectivity index (χ3n) is 4.62. The highest BCUT2D eigenvalue weighted by Gasteiger charge is 2.28. The fraction of sp³-hybridized carbons (Fsp3) is 0.381. The van der Waals surface area contributed by atoms with Gasteiger partial charge in [0.25, 0.3) is 0 Å². The molecule has 30 heavy (non-hydrogen) atoms. The summed E-state index contributed by atoms with van der Waals surface area (Å²) in [7, 11) is 0. The van der Waals surface area contributed by atoms with Gasteiger partial charge in [-0.25, -0.2) is 0 Å². The van der Waals surface area contributed by atoms with Gasteiger partial charge < -0.3 is 16.0 Å². The van der Waals surface area contributed by atoms with E-state index in [4.69, 9.17) is 0 Å². The Morgan fingerprint density at radius 2 is 2.07 bits per heavy atom. The van der Waals surface area contributed by atoms with Gasteiger partial charge >= 0.3 is 0 Å². The van der Waals surface area contributed by atoms with E-state index in [-0.39, 0.29) is 42.4 Å². The number of benzene rings is 1. The van der Waals surface area contributed by atoms with E-state index >= 15 is 0 Å². The van der Waals surface area contributed by atoms with Crippen LogP contribution >= 0.6 is 23.1 Å². The molecule has 2 aromatic rings. The number of carbonyl (C=O) groups excluding carboxylic acids is 3. The van der Waals surface area contributed by atoms with Crippen molar-refractivity contribution in [1.82, 2.24) is 16.0 Å². The Morgan fingerprint density at radius 3 is 2.80 bits per heavy atom. The van der Waals surface area contributed by atoms with Gasteiger partial charge in [0, 0.05) is 29.4 Å². The molecule has 0 saturated carbocycles. The average Bonchev–Trinajstić information content (AvgIpc) is 3.20. The standard InChI is InChI=1S/C21H26N4O3S2/c1-13-5-6-17(14(2)8-13)24-20(28)12-30-21-23-15(10-19(27)25-21)9-18(26)22-11-16-4-3-7-29-16/h3-8,15,21,23H,9-12H2,1-2H3,(H,22,26)(H,24,28)(H,25,27). The first-order valence-corrected chi connectivity index (χ1v) is 11.6. The molecule has 3 rings (SSSR count). The van der Waals surface area contributed by atoms with Crippen molar-refractivity contribution in [2.75, 3.05) is 11.1 Å². The Bertz CT molecular complexity index is 902. The predicted octanol–water partition coefficient (Wildman–Crippen LogP) is 2.50. The zero-order valence-electron chi connectivity index (χ0n) is 17.0. The molecule has 7 nitrogen and oxygen atoms in total. The predicted molar refractivity (Wildman–Crippen MR) is 121 cm³/mol. The number of nitrogens with one attached hydrogen (secondary N) is 4. The quantitative estimate of drug-likeness (QED) is 0.499. The van der Waals surface area contributed by atoms with Gasteiger partial charge in [-0.15, -0.1) is 23.1 Å². The van der Waals surface area contributed by atoms with Crippen LogP contribution in [-0.2, 0) is 20.9 Å². The summed E-state index contributed by atoms with van der Waals surface area (Å²) in [5.74, 6) is -0.189. The number of amides is 3. The Hall–Kier alpha value is -2.36. The number of carbonyl (C=O) groups is 3. The summed E-state index contributed by atoms with van der Waals surface area (Å²) in [5.41, 5.74) is 2.52. The molecule has 1 fully saturated rings. The molecule has 1 aromatic heterocycles. The van der Waals surface area contributed by atoms with Gasteiger partial charge in [-0.2, -0.15) is 0 Å². The Labute approximate surface area is 184 Å². The summed E-state index contributed by atoms with van der Waals surface area (Å²) in [6.45, 7) is 4.45. The van der Waals surface area contributed by atoms with Crippen molar-refractivity contribution in [3.63, 3.8) is 0 Å². The highest BCUT2D eigenvalue weighted by atomic mass is 32.2. The van der Waals surface area contributed by atoms with E-state index in [9.17, 15) is 14.4 Å². The second kappa shape index (κ2) is 10.6. The molecule has 0 spiro atoms. The zero-order chi connectivity index (χ0) is 21.5. The SMILES string of the molecule is Cc1ccc(NC(=O)CSC2NC(=O)CC(CC(=O)NCc3cccs3)N2)c(C)c1. The molecule has 0 aliphatic carbocycles. The molecule has 1 aromatic carbocycles. The van der Waals surface area contributed by atoms with Gasteiger partial charge in [0.05, 0.1) is 12.3 Å². The van der Waals surface area contributed by atoms with Crippen molar-refractivity contribution in [3.05, 3.63) is 51.7 Å². The molecule has 0 bridgehead atoms. The maximum atomic E-state index is 12.3. The van der Waals surface area contributed by atoms with E-state index in [1.165, 1.54) is 11.8 Å². The largest absolute Gasteiger partial charge is 0.351 e. The molecule has 1 saturated heterocycles. The number of hydrogen-bond acceptors (Lipinski definition) is 6. The highest BCUT2D eigenvalue weighted by Crippen LogP contribution is 2.18. The van der Waals surface area contributed by atoms with Crippen LogP contribution in [0.1, 0.15) is 28.8 Å². The summed E-state index contributed by atoms with van der Waals surface area (Å²) >= 11 is 2.88. The lowest BCUT2D eigenvalue weighted by molar-refractivity contribution is -0.125. The Morgan fingerprint density at radius 1 is 1.23 bits per heavy atom. The summed E-state index contributed by atoms with van der Waals surface area (Å²) in [5, 5.41) is 13.8. The van der Waals surface area contributed by atoms with Gasteiger partial charge in [-0.1, -0.05) is 23.8 Å². The van der Waals surface area contributed by atoms with Crippen LogP contribution in [0.2, 0.25) is 0 Å². The molecule has 0 radical (unpaired) electrons. The summed E-state index contributed by atoms with van der Waals surface area (Å²) in [6.07, 6.45) is 0.447. The van der Waals surface area contributed by atoms with E-state index in [0.717, 1.165) is 21.7 Å². The van der Waals surface area contributed by atoms with Crippen molar-refractivity contribution in [3.8, 4) is 0 Å². The fourth-order valence-corrected chi connectivity index (χ4v) is 4.70. The third kappa shape index (κ3) is 6.86. The Kier molecular flexibility index (Phi) is 7.89. The minimum Gasteiger partial charge on any atom is -0.351 e. The lowest BCUT2D eigenvalue weighted by Crippen LogP contribution is -2.56. The molecular weight excluding hydrogens is 420 g/mol. The fourth-order valence-electron chi connectivity index (χ4n) is 3.16. The monoisotopic (exact) mass is 446 g/mol. The van der Waals surface area contributed by atoms with E-state index in [2.05, 4.69) is 21.3 Å². The molecule has 160 valence electrons. The van der Waals surface area contributed by atoms with Gasteiger partial charge in [-0.05, 0) is 36.9 Å². The zero-order valence-corrected chi connectivity index (χ0v) is 18.6. The topological polar surface area (TPSA) is 99.3 Å². The second-order valence-corrected chi connectivity index (χ2v) is 9.38. The minimum atomic E-state index is -0.411. The third-order valence-corrected chi connectivity index (χ3v) is 6.51. The van der Waals surface area contributed by atoms with Crippen molar-refractivity contribution in [1.29, 1.82) is 0 Å². The van der Waals surface area contributed by atoms with Crippen LogP contribution < -0.4 is 21.3 Å². The number of rotatable bonds is 8. The number of thiophene rings is 1. The maximum Gasteiger partial charge on any atom is 0.234 e. The number of hydrogen-bond donors (Lipinski definition) is 4. The van der Waals surface area contributed by atoms with E-state index in [0.29, 0.717) is 6.54 Å². The molecule has 2 unspecified atom stereocenters. The Balaban J connectivity index is 1.43. The minimum absolute atomic E-state index is 0.105. The first-order valence-electron chi connectivity index (χ1n) is 9.72. The summed E-state index contributed by atoms with van der Waals surface area (Å²) < 4.78 is 0. The van der Waals surface area contributed by atoms with Gasteiger partial charge in [-0.3, -0.25) is 19.7 Å². The van der Waals surface area contributed by atoms with Crippen LogP contribution in [0.5, 0.6) is 0 Å². The van der Waals surface area contributed by atoms with Crippen LogP contribution in [0.25, 0.3) is 0 Å². The lowest BCUT2D eigenvalue weighted by Gasteiger charge is -2.30. The normalized spacial score (nSPS) is 18.5. The molecule has 2 atom stereocenters. The number of aryl methyl sites for hydroxylation is 2. The molecule has 3 amide bonds. The second-order valence-electron chi connectivity index (χ2n) is 7.25. The van der Waals surface area contributed by atoms with Crippen LogP contribution in [0, 0.1) is 13.8 Å². The van der Waals surface area contributed by atoms with E-state index < -0.39 is 5.50 Å². The molecular formula is C21H26N4O3S2. The van der Waals surface area contributed by atoms with E-state index in [1.54, 1.807) is 11.3 Å². The highest BCUT2D eigenvalue weighted by molar-refractivity contribution is 8.00. The summed E-state index contributed by atoms with van der Waals surface area (Å²) in [6, 6.07) is 9.50. The smallest absolute Gasteiger partial charge is 0.234 e. The number of anilines is 1. The van der Waals surface area contributed by atoms with Crippen LogP contribution in [0.15, 0.2) is 35.7 Å². The number of thioether (sulfide) groups is 1. The van der Waals surface area contributed by atoms with E-state index in [1.807, 2.05) is 49.6 Å². The molecule has 1 aliphatic rings. The van der Waals surface area contributed by atoms with Crippen molar-refractivity contribution in [2.45, 2.75) is 44.8 Å². The molecule has 9 heteroatoms. The van der Waals surface area contributed by atoms with Gasteiger partial charge in [0.2, 0.25) is 17.7 Å². The van der Waals surface area contributed by atoms with Crippen molar-refractivity contribution < 1.29 is 14.4 Å². The first-order chi connectivity index (χ1) is 14.4. The van der Waals surface area contributed by atoms with Crippen LogP contribution in [0.3, 0.4) is 0 Å². The van der Waals surface area contributed by atoms with Gasteiger partial charge in [0.1, 0.15) is 5.50 Å².